The number of carbonyl (C=O) groups is 1. The summed E-state index contributed by atoms with van der Waals surface area (Å²) >= 11 is 0. The van der Waals surface area contributed by atoms with Gasteiger partial charge in [0.2, 0.25) is 0 Å². The first kappa shape index (κ1) is 15.6. The molecule has 1 saturated heterocycles. The molecule has 0 aromatic carbocycles. The lowest BCUT2D eigenvalue weighted by atomic mass is 9.97. The highest BCUT2D eigenvalue weighted by molar-refractivity contribution is 5.95. The maximum Gasteiger partial charge on any atom is 0.432 e. The van der Waals surface area contributed by atoms with Crippen LogP contribution in [0.5, 0.6) is 0 Å². The average molecular weight is 327 g/mol. The number of likely N-dealkylation sites (tertiary alicyclic amines) is 1. The SMILES string of the molecule is Cc1[nH]ncc1C(=O)N1CCC[C@H](c2ncc(C(F)(F)F)[nH]2)C1. The zero-order chi connectivity index (χ0) is 16.6. The molecular weight excluding hydrogens is 311 g/mol. The molecule has 0 bridgehead atoms. The van der Waals surface area contributed by atoms with E-state index < -0.39 is 11.9 Å². The smallest absolute Gasteiger partial charge is 0.338 e. The normalized spacial score (nSPS) is 19.1. The number of aryl methyl sites for hydroxylation is 1. The number of piperidine rings is 1. The van der Waals surface area contributed by atoms with Gasteiger partial charge >= 0.3 is 6.18 Å². The molecule has 2 N–H and O–H groups in total. The number of aromatic nitrogens is 4. The molecule has 1 aliphatic heterocycles. The molecule has 0 aliphatic carbocycles. The summed E-state index contributed by atoms with van der Waals surface area (Å²) in [6.07, 6.45) is -0.760. The van der Waals surface area contributed by atoms with Gasteiger partial charge in [0, 0.05) is 24.7 Å². The number of nitrogens with one attached hydrogen (secondary N) is 2. The number of hydrogen-bond donors (Lipinski definition) is 2. The Balaban J connectivity index is 1.75. The Morgan fingerprint density at radius 2 is 2.17 bits per heavy atom. The van der Waals surface area contributed by atoms with E-state index in [-0.39, 0.29) is 17.6 Å². The third kappa shape index (κ3) is 3.08. The molecule has 2 aromatic heterocycles. The Morgan fingerprint density at radius 3 is 2.78 bits per heavy atom. The zero-order valence-electron chi connectivity index (χ0n) is 12.4. The van der Waals surface area contributed by atoms with Crippen LogP contribution in [-0.2, 0) is 6.18 Å². The van der Waals surface area contributed by atoms with Crippen molar-refractivity contribution < 1.29 is 18.0 Å². The van der Waals surface area contributed by atoms with E-state index in [0.717, 1.165) is 12.6 Å². The summed E-state index contributed by atoms with van der Waals surface area (Å²) in [7, 11) is 0. The number of imidazole rings is 1. The largest absolute Gasteiger partial charge is 0.432 e. The van der Waals surface area contributed by atoms with Crippen LogP contribution in [0.3, 0.4) is 0 Å². The monoisotopic (exact) mass is 327 g/mol. The predicted octanol–water partition coefficient (Wildman–Crippen LogP) is 2.48. The molecule has 0 spiro atoms. The van der Waals surface area contributed by atoms with E-state index in [1.807, 2.05) is 0 Å². The van der Waals surface area contributed by atoms with Crippen LogP contribution in [-0.4, -0.2) is 44.1 Å². The van der Waals surface area contributed by atoms with Crippen LogP contribution in [0.25, 0.3) is 0 Å². The summed E-state index contributed by atoms with van der Waals surface area (Å²) < 4.78 is 38.0. The number of H-pyrrole nitrogens is 2. The van der Waals surface area contributed by atoms with Crippen LogP contribution in [0.1, 0.15) is 46.3 Å². The average Bonchev–Trinajstić information content (AvgIpc) is 3.15. The summed E-state index contributed by atoms with van der Waals surface area (Å²) in [4.78, 5) is 20.3. The number of aromatic amines is 2. The van der Waals surface area contributed by atoms with Gasteiger partial charge in [-0.3, -0.25) is 9.89 Å². The maximum atomic E-state index is 12.7. The van der Waals surface area contributed by atoms with Crippen LogP contribution in [0.4, 0.5) is 13.2 Å². The molecular formula is C14H16F3N5O. The summed E-state index contributed by atoms with van der Waals surface area (Å²) in [5.74, 6) is -0.113. The van der Waals surface area contributed by atoms with Crippen LogP contribution < -0.4 is 0 Å². The van der Waals surface area contributed by atoms with Crippen LogP contribution in [0.15, 0.2) is 12.4 Å². The molecule has 0 unspecified atom stereocenters. The van der Waals surface area contributed by atoms with Crippen molar-refractivity contribution in [3.63, 3.8) is 0 Å². The first-order chi connectivity index (χ1) is 10.9. The van der Waals surface area contributed by atoms with E-state index in [4.69, 9.17) is 0 Å². The van der Waals surface area contributed by atoms with Crippen molar-refractivity contribution in [2.75, 3.05) is 13.1 Å². The van der Waals surface area contributed by atoms with Gasteiger partial charge in [0.1, 0.15) is 11.5 Å². The van der Waals surface area contributed by atoms with Crippen molar-refractivity contribution in [2.45, 2.75) is 31.9 Å². The minimum absolute atomic E-state index is 0.163. The fraction of sp³-hybridized carbons (Fsp3) is 0.500. The Hall–Kier alpha value is -2.32. The van der Waals surface area contributed by atoms with Crippen molar-refractivity contribution in [3.05, 3.63) is 35.2 Å². The standard InChI is InChI=1S/C14H16F3N5O/c1-8-10(5-19-21-8)13(23)22-4-2-3-9(7-22)12-18-6-11(20-12)14(15,16)17/h5-6,9H,2-4,7H2,1H3,(H,18,20)(H,19,21)/t9-/m0/s1. The third-order valence-electron chi connectivity index (χ3n) is 4.06. The number of nitrogens with zero attached hydrogens (tertiary/aromatic N) is 3. The van der Waals surface area contributed by atoms with Gasteiger partial charge in [-0.2, -0.15) is 18.3 Å². The van der Waals surface area contributed by atoms with Crippen molar-refractivity contribution in [1.82, 2.24) is 25.1 Å². The summed E-state index contributed by atoms with van der Waals surface area (Å²) in [6, 6.07) is 0. The van der Waals surface area contributed by atoms with Crippen LogP contribution in [0, 0.1) is 6.92 Å². The predicted molar refractivity (Wildman–Crippen MR) is 74.8 cm³/mol. The molecule has 3 heterocycles. The Labute approximate surface area is 130 Å². The first-order valence-corrected chi connectivity index (χ1v) is 7.27. The Morgan fingerprint density at radius 1 is 1.39 bits per heavy atom. The number of halogens is 3. The third-order valence-corrected chi connectivity index (χ3v) is 4.06. The molecule has 124 valence electrons. The topological polar surface area (TPSA) is 77.7 Å². The second-order valence-electron chi connectivity index (χ2n) is 5.68. The Kier molecular flexibility index (Phi) is 3.87. The lowest BCUT2D eigenvalue weighted by Crippen LogP contribution is -2.39. The number of rotatable bonds is 2. The molecule has 2 aromatic rings. The van der Waals surface area contributed by atoms with Gasteiger partial charge in [-0.25, -0.2) is 4.98 Å². The van der Waals surface area contributed by atoms with E-state index in [9.17, 15) is 18.0 Å². The molecule has 1 amide bonds. The lowest BCUT2D eigenvalue weighted by molar-refractivity contribution is -0.141. The number of alkyl halides is 3. The number of hydrogen-bond acceptors (Lipinski definition) is 3. The first-order valence-electron chi connectivity index (χ1n) is 7.27. The summed E-state index contributed by atoms with van der Waals surface area (Å²) in [5.41, 5.74) is 0.303. The van der Waals surface area contributed by atoms with Gasteiger partial charge in [0.25, 0.3) is 5.91 Å². The van der Waals surface area contributed by atoms with Gasteiger partial charge in [-0.1, -0.05) is 0 Å². The summed E-state index contributed by atoms with van der Waals surface area (Å²) in [5, 5.41) is 6.54. The fourth-order valence-corrected chi connectivity index (χ4v) is 2.81. The van der Waals surface area contributed by atoms with Crippen molar-refractivity contribution in [3.8, 4) is 0 Å². The molecule has 1 atom stereocenters. The van der Waals surface area contributed by atoms with Gasteiger partial charge in [0.15, 0.2) is 0 Å². The highest BCUT2D eigenvalue weighted by Gasteiger charge is 2.35. The second kappa shape index (κ2) is 5.71. The van der Waals surface area contributed by atoms with Gasteiger partial charge in [-0.05, 0) is 19.8 Å². The zero-order valence-corrected chi connectivity index (χ0v) is 12.4. The summed E-state index contributed by atoms with van der Waals surface area (Å²) in [6.45, 7) is 2.67. The molecule has 1 fully saturated rings. The maximum absolute atomic E-state index is 12.7. The number of carbonyl (C=O) groups excluding carboxylic acids is 1. The van der Waals surface area contributed by atoms with E-state index in [2.05, 4.69) is 20.2 Å². The van der Waals surface area contributed by atoms with Gasteiger partial charge in [-0.15, -0.1) is 0 Å². The molecule has 0 radical (unpaired) electrons. The second-order valence-corrected chi connectivity index (χ2v) is 5.68. The lowest BCUT2D eigenvalue weighted by Gasteiger charge is -2.31. The molecule has 23 heavy (non-hydrogen) atoms. The van der Waals surface area contributed by atoms with Crippen LogP contribution in [0.2, 0.25) is 0 Å². The minimum Gasteiger partial charge on any atom is -0.338 e. The molecule has 3 rings (SSSR count). The molecule has 6 nitrogen and oxygen atoms in total. The van der Waals surface area contributed by atoms with Crippen molar-refractivity contribution in [2.24, 2.45) is 0 Å². The Bertz CT molecular complexity index is 705. The van der Waals surface area contributed by atoms with Gasteiger partial charge < -0.3 is 9.88 Å². The minimum atomic E-state index is -4.44. The van der Waals surface area contributed by atoms with E-state index in [1.165, 1.54) is 6.20 Å². The van der Waals surface area contributed by atoms with E-state index in [1.54, 1.807) is 11.8 Å². The molecule has 1 aliphatic rings. The molecule has 9 heteroatoms. The quantitative estimate of drug-likeness (QED) is 0.889. The highest BCUT2D eigenvalue weighted by Crippen LogP contribution is 2.31. The molecule has 0 saturated carbocycles. The number of amides is 1. The van der Waals surface area contributed by atoms with Gasteiger partial charge in [0.05, 0.1) is 18.0 Å². The van der Waals surface area contributed by atoms with Crippen LogP contribution >= 0.6 is 0 Å². The fourth-order valence-electron chi connectivity index (χ4n) is 2.81. The van der Waals surface area contributed by atoms with Crippen molar-refractivity contribution >= 4 is 5.91 Å². The van der Waals surface area contributed by atoms with Crippen molar-refractivity contribution in [1.29, 1.82) is 0 Å². The highest BCUT2D eigenvalue weighted by atomic mass is 19.4. The van der Waals surface area contributed by atoms with E-state index >= 15 is 0 Å². The van der Waals surface area contributed by atoms with E-state index in [0.29, 0.717) is 30.8 Å².